The normalized spacial score (nSPS) is 16.0. The molecule has 2 nitrogen and oxygen atoms in total. The van der Waals surface area contributed by atoms with E-state index in [-0.39, 0.29) is 6.17 Å². The second-order valence-electron chi connectivity index (χ2n) is 1.82. The summed E-state index contributed by atoms with van der Waals surface area (Å²) >= 11 is 0. The molecule has 6 heavy (non-hydrogen) atoms. The number of rotatable bonds is 1. The minimum absolute atomic E-state index is 0.0864. The molecule has 0 amide bonds. The maximum atomic E-state index is 5.25. The highest BCUT2D eigenvalue weighted by atomic mass is 28.1. The summed E-state index contributed by atoms with van der Waals surface area (Å²) in [4.78, 5) is 0. The van der Waals surface area contributed by atoms with Gasteiger partial charge in [0.05, 0.1) is 6.17 Å². The molecule has 1 atom stereocenters. The lowest BCUT2D eigenvalue weighted by Gasteiger charge is -2.06. The van der Waals surface area contributed by atoms with E-state index in [1.807, 2.05) is 0 Å². The average Bonchev–Trinajstić information content (AvgIpc) is 1.36. The van der Waals surface area contributed by atoms with Gasteiger partial charge in [-0.25, -0.2) is 0 Å². The van der Waals surface area contributed by atoms with E-state index in [4.69, 9.17) is 11.5 Å². The van der Waals surface area contributed by atoms with Crippen molar-refractivity contribution in [1.82, 2.24) is 0 Å². The van der Waals surface area contributed by atoms with Crippen molar-refractivity contribution in [2.45, 2.75) is 18.6 Å². The van der Waals surface area contributed by atoms with Crippen LogP contribution in [0.5, 0.6) is 0 Å². The zero-order valence-electron chi connectivity index (χ0n) is 4.31. The smallest absolute Gasteiger partial charge is 0.0514 e. The van der Waals surface area contributed by atoms with Crippen LogP contribution in [0, 0.1) is 0 Å². The molecule has 0 saturated carbocycles. The van der Waals surface area contributed by atoms with Crippen molar-refractivity contribution in [3.05, 3.63) is 0 Å². The fourth-order valence-corrected chi connectivity index (χ4v) is 0. The summed E-state index contributed by atoms with van der Waals surface area (Å²) < 4.78 is 0. The van der Waals surface area contributed by atoms with Gasteiger partial charge in [-0.3, -0.25) is 0 Å². The molecule has 0 aliphatic heterocycles. The van der Waals surface area contributed by atoms with Crippen LogP contribution in [-0.4, -0.2) is 16.4 Å². The largest absolute Gasteiger partial charge is 0.316 e. The molecule has 0 aliphatic rings. The van der Waals surface area contributed by atoms with Crippen LogP contribution in [-0.2, 0) is 0 Å². The lowest BCUT2D eigenvalue weighted by molar-refractivity contribution is 0.680. The molecule has 0 bridgehead atoms. The lowest BCUT2D eigenvalue weighted by Crippen LogP contribution is -2.33. The van der Waals surface area contributed by atoms with Crippen LogP contribution in [0.1, 0.15) is 6.92 Å². The zero-order valence-corrected chi connectivity index (χ0v) is 6.31. The molecule has 0 saturated heterocycles. The minimum Gasteiger partial charge on any atom is -0.316 e. The van der Waals surface area contributed by atoms with Crippen LogP contribution < -0.4 is 11.5 Å². The van der Waals surface area contributed by atoms with E-state index in [1.165, 1.54) is 0 Å². The van der Waals surface area contributed by atoms with E-state index in [2.05, 4.69) is 6.92 Å². The molecule has 38 valence electrons. The topological polar surface area (TPSA) is 52.0 Å². The highest BCUT2D eigenvalue weighted by Crippen LogP contribution is 1.91. The first-order valence-electron chi connectivity index (χ1n) is 2.15. The van der Waals surface area contributed by atoms with Crippen molar-refractivity contribution in [3.8, 4) is 0 Å². The van der Waals surface area contributed by atoms with Gasteiger partial charge in [-0.15, -0.1) is 0 Å². The van der Waals surface area contributed by atoms with Crippen LogP contribution in [0.2, 0.25) is 5.54 Å². The molecule has 0 aromatic heterocycles. The zero-order chi connectivity index (χ0) is 5.15. The third-order valence-electron chi connectivity index (χ3n) is 0.770. The third kappa shape index (κ3) is 2.38. The van der Waals surface area contributed by atoms with E-state index in [0.717, 1.165) is 10.2 Å². The van der Waals surface area contributed by atoms with E-state index < -0.39 is 0 Å². The van der Waals surface area contributed by atoms with E-state index in [0.29, 0.717) is 5.54 Å². The Labute approximate surface area is 41.3 Å². The fourth-order valence-electron chi connectivity index (χ4n) is 0. The molecule has 1 unspecified atom stereocenters. The molecule has 0 aromatic carbocycles. The van der Waals surface area contributed by atoms with Gasteiger partial charge in [-0.05, 0) is 5.54 Å². The Morgan fingerprint density at radius 3 is 1.67 bits per heavy atom. The SMILES string of the molecule is CC([SiH3])C(N)N. The van der Waals surface area contributed by atoms with Crippen LogP contribution in [0.15, 0.2) is 0 Å². The van der Waals surface area contributed by atoms with Crippen molar-refractivity contribution in [3.63, 3.8) is 0 Å². The number of hydrogen-bond acceptors (Lipinski definition) is 2. The Hall–Kier alpha value is 0.137. The van der Waals surface area contributed by atoms with Crippen LogP contribution in [0.3, 0.4) is 0 Å². The number of hydrogen-bond donors (Lipinski definition) is 2. The minimum atomic E-state index is -0.0864. The standard InChI is InChI=1S/C3H12N2Si/c1-2(6)3(4)5/h2-3H,4-5H2,1,6H3. The first kappa shape index (κ1) is 6.14. The number of nitrogens with two attached hydrogens (primary N) is 2. The Kier molecular flexibility index (Phi) is 2.39. The molecule has 0 aromatic rings. The average molecular weight is 104 g/mol. The lowest BCUT2D eigenvalue weighted by atomic mass is 10.4. The van der Waals surface area contributed by atoms with Gasteiger partial charge in [-0.2, -0.15) is 0 Å². The van der Waals surface area contributed by atoms with Gasteiger partial charge < -0.3 is 11.5 Å². The summed E-state index contributed by atoms with van der Waals surface area (Å²) in [5, 5.41) is 0. The predicted molar refractivity (Wildman–Crippen MR) is 31.5 cm³/mol. The molecule has 0 radical (unpaired) electrons. The second kappa shape index (κ2) is 2.33. The van der Waals surface area contributed by atoms with Gasteiger partial charge in [0, 0.05) is 10.2 Å². The molecular weight excluding hydrogens is 92.1 g/mol. The Balaban J connectivity index is 2.99. The van der Waals surface area contributed by atoms with E-state index in [9.17, 15) is 0 Å². The summed E-state index contributed by atoms with van der Waals surface area (Å²) in [5.74, 6) is 0. The summed E-state index contributed by atoms with van der Waals surface area (Å²) in [6, 6.07) is 0. The maximum Gasteiger partial charge on any atom is 0.0514 e. The van der Waals surface area contributed by atoms with Crippen molar-refractivity contribution in [1.29, 1.82) is 0 Å². The van der Waals surface area contributed by atoms with Gasteiger partial charge in [0.25, 0.3) is 0 Å². The summed E-state index contributed by atoms with van der Waals surface area (Å²) in [6.45, 7) is 2.05. The summed E-state index contributed by atoms with van der Waals surface area (Å²) in [5.41, 5.74) is 11.0. The summed E-state index contributed by atoms with van der Waals surface area (Å²) in [6.07, 6.45) is -0.0864. The predicted octanol–water partition coefficient (Wildman–Crippen LogP) is -1.60. The molecule has 0 spiro atoms. The molecule has 0 rings (SSSR count). The van der Waals surface area contributed by atoms with Gasteiger partial charge in [0.2, 0.25) is 0 Å². The van der Waals surface area contributed by atoms with Gasteiger partial charge in [-0.1, -0.05) is 6.92 Å². The highest BCUT2D eigenvalue weighted by Gasteiger charge is 1.96. The third-order valence-corrected chi connectivity index (χ3v) is 1.54. The van der Waals surface area contributed by atoms with Crippen LogP contribution in [0.25, 0.3) is 0 Å². The molecule has 4 N–H and O–H groups in total. The summed E-state index contributed by atoms with van der Waals surface area (Å²) in [7, 11) is 1.10. The Bertz CT molecular complexity index is 29.8. The van der Waals surface area contributed by atoms with E-state index in [1.54, 1.807) is 0 Å². The first-order chi connectivity index (χ1) is 2.64. The fraction of sp³-hybridized carbons (Fsp3) is 1.00. The van der Waals surface area contributed by atoms with E-state index >= 15 is 0 Å². The van der Waals surface area contributed by atoms with Crippen LogP contribution >= 0.6 is 0 Å². The first-order valence-corrected chi connectivity index (χ1v) is 3.31. The van der Waals surface area contributed by atoms with Gasteiger partial charge in [0.15, 0.2) is 0 Å². The second-order valence-corrected chi connectivity index (χ2v) is 3.64. The monoisotopic (exact) mass is 104 g/mol. The van der Waals surface area contributed by atoms with Gasteiger partial charge >= 0.3 is 0 Å². The molecule has 3 heteroatoms. The van der Waals surface area contributed by atoms with Crippen LogP contribution in [0.4, 0.5) is 0 Å². The van der Waals surface area contributed by atoms with Crippen molar-refractivity contribution in [2.24, 2.45) is 11.5 Å². The quantitative estimate of drug-likeness (QED) is 0.311. The van der Waals surface area contributed by atoms with Crippen molar-refractivity contribution < 1.29 is 0 Å². The molecule has 0 fully saturated rings. The molecule has 0 aliphatic carbocycles. The van der Waals surface area contributed by atoms with Gasteiger partial charge in [0.1, 0.15) is 0 Å². The highest BCUT2D eigenvalue weighted by molar-refractivity contribution is 6.11. The van der Waals surface area contributed by atoms with Crippen molar-refractivity contribution >= 4 is 10.2 Å². The Morgan fingerprint density at radius 1 is 1.50 bits per heavy atom. The van der Waals surface area contributed by atoms with Crippen molar-refractivity contribution in [2.75, 3.05) is 0 Å². The Morgan fingerprint density at radius 2 is 1.67 bits per heavy atom. The molecule has 0 heterocycles. The maximum absolute atomic E-state index is 5.25. The molecular formula is C3H12N2Si.